The number of alkyl halides is 3. The van der Waals surface area contributed by atoms with Gasteiger partial charge in [-0.1, -0.05) is 6.07 Å². The van der Waals surface area contributed by atoms with E-state index in [9.17, 15) is 31.5 Å². The number of benzene rings is 2. The zero-order chi connectivity index (χ0) is 29.7. The summed E-state index contributed by atoms with van der Waals surface area (Å²) in [5.41, 5.74) is 2.82. The van der Waals surface area contributed by atoms with E-state index in [-0.39, 0.29) is 10.5 Å². The van der Waals surface area contributed by atoms with E-state index in [0.29, 0.717) is 11.6 Å². The summed E-state index contributed by atoms with van der Waals surface area (Å²) in [5.74, 6) is -3.33. The fourth-order valence-corrected chi connectivity index (χ4v) is 6.33. The van der Waals surface area contributed by atoms with Crippen LogP contribution in [0.1, 0.15) is 47.2 Å². The number of aromatic carboxylic acids is 1. The maximum Gasteiger partial charge on any atom is 0.490 e. The van der Waals surface area contributed by atoms with E-state index in [1.54, 1.807) is 24.3 Å². The summed E-state index contributed by atoms with van der Waals surface area (Å²) in [6.45, 7) is 8.75. The number of halogens is 3. The van der Waals surface area contributed by atoms with Gasteiger partial charge in [0.05, 0.1) is 21.8 Å². The van der Waals surface area contributed by atoms with Crippen molar-refractivity contribution in [2.45, 2.75) is 50.6 Å². The van der Waals surface area contributed by atoms with E-state index in [1.807, 2.05) is 19.9 Å². The molecule has 2 fully saturated rings. The average molecular weight is 586 g/mol. The van der Waals surface area contributed by atoms with Gasteiger partial charge in [0.15, 0.2) is 0 Å². The maximum atomic E-state index is 13.2. The Kier molecular flexibility index (Phi) is 10.1. The molecule has 2 heterocycles. The molecule has 4 rings (SSSR count). The van der Waals surface area contributed by atoms with Crippen molar-refractivity contribution in [3.63, 3.8) is 0 Å². The van der Waals surface area contributed by atoms with Crippen molar-refractivity contribution in [1.29, 1.82) is 0 Å². The van der Waals surface area contributed by atoms with Gasteiger partial charge >= 0.3 is 18.1 Å². The molecule has 2 aromatic rings. The van der Waals surface area contributed by atoms with Crippen LogP contribution in [0, 0.1) is 19.8 Å². The van der Waals surface area contributed by atoms with Crippen LogP contribution in [-0.2, 0) is 14.8 Å². The van der Waals surface area contributed by atoms with Crippen LogP contribution in [0.2, 0.25) is 0 Å². The summed E-state index contributed by atoms with van der Waals surface area (Å²) in [6.07, 6.45) is -0.374. The molecule has 2 aliphatic rings. The Balaban J connectivity index is 0.000000559. The van der Waals surface area contributed by atoms with Gasteiger partial charge in [0.25, 0.3) is 10.0 Å². The highest BCUT2D eigenvalue weighted by molar-refractivity contribution is 7.92. The summed E-state index contributed by atoms with van der Waals surface area (Å²) in [6, 6.07) is 9.90. The van der Waals surface area contributed by atoms with Crippen molar-refractivity contribution in [3.05, 3.63) is 53.1 Å². The summed E-state index contributed by atoms with van der Waals surface area (Å²) in [7, 11) is -3.87. The lowest BCUT2D eigenvalue weighted by Gasteiger charge is -2.37. The van der Waals surface area contributed by atoms with Gasteiger partial charge in [-0.25, -0.2) is 18.0 Å². The molecule has 2 aromatic carbocycles. The van der Waals surface area contributed by atoms with E-state index >= 15 is 0 Å². The lowest BCUT2D eigenvalue weighted by Crippen LogP contribution is -2.40. The number of aryl methyl sites for hydroxylation is 2. The Hall–Kier alpha value is -3.32. The number of hydrogen-bond acceptors (Lipinski definition) is 6. The molecule has 0 aromatic heterocycles. The fourth-order valence-electron chi connectivity index (χ4n) is 5.08. The molecule has 220 valence electrons. The number of carboxylic acid groups (broad SMARTS) is 2. The third-order valence-corrected chi connectivity index (χ3v) is 8.16. The second-order valence-electron chi connectivity index (χ2n) is 10.2. The Morgan fingerprint density at radius 2 is 1.57 bits per heavy atom. The van der Waals surface area contributed by atoms with Gasteiger partial charge in [-0.05, 0) is 100.0 Å². The van der Waals surface area contributed by atoms with Gasteiger partial charge in [-0.3, -0.25) is 4.72 Å². The highest BCUT2D eigenvalue weighted by Gasteiger charge is 2.38. The van der Waals surface area contributed by atoms with Crippen LogP contribution in [0.15, 0.2) is 41.3 Å². The number of rotatable bonds is 7. The van der Waals surface area contributed by atoms with Crippen molar-refractivity contribution in [3.8, 4) is 0 Å². The number of sulfonamides is 1. The van der Waals surface area contributed by atoms with Crippen LogP contribution in [-0.4, -0.2) is 74.4 Å². The van der Waals surface area contributed by atoms with Crippen molar-refractivity contribution in [2.24, 2.45) is 5.92 Å². The third-order valence-electron chi connectivity index (χ3n) is 6.81. The molecular weight excluding hydrogens is 551 g/mol. The van der Waals surface area contributed by atoms with Crippen molar-refractivity contribution < 1.29 is 41.4 Å². The van der Waals surface area contributed by atoms with E-state index in [4.69, 9.17) is 9.90 Å². The summed E-state index contributed by atoms with van der Waals surface area (Å²) >= 11 is 0. The molecule has 2 saturated heterocycles. The normalized spacial score (nSPS) is 18.1. The van der Waals surface area contributed by atoms with Crippen LogP contribution in [0.4, 0.5) is 24.5 Å². The molecule has 0 saturated carbocycles. The zero-order valence-electron chi connectivity index (χ0n) is 22.4. The van der Waals surface area contributed by atoms with Crippen LogP contribution in [0.25, 0.3) is 0 Å². The van der Waals surface area contributed by atoms with Gasteiger partial charge in [0.2, 0.25) is 0 Å². The zero-order valence-corrected chi connectivity index (χ0v) is 23.2. The predicted molar refractivity (Wildman–Crippen MR) is 144 cm³/mol. The lowest BCUT2D eigenvalue weighted by molar-refractivity contribution is -0.192. The minimum atomic E-state index is -5.08. The first-order valence-electron chi connectivity index (χ1n) is 12.9. The highest BCUT2D eigenvalue weighted by Crippen LogP contribution is 2.33. The van der Waals surface area contributed by atoms with Crippen molar-refractivity contribution in [2.75, 3.05) is 42.3 Å². The first-order valence-corrected chi connectivity index (χ1v) is 14.4. The molecule has 0 radical (unpaired) electrons. The average Bonchev–Trinajstić information content (AvgIpc) is 3.36. The summed E-state index contributed by atoms with van der Waals surface area (Å²) in [4.78, 5) is 25.4. The van der Waals surface area contributed by atoms with Gasteiger partial charge in [0, 0.05) is 19.6 Å². The van der Waals surface area contributed by atoms with Gasteiger partial charge in [-0.2, -0.15) is 13.2 Å². The maximum absolute atomic E-state index is 13.2. The molecule has 3 N–H and O–H groups in total. The number of carboxylic acids is 2. The molecular formula is C27H34F3N3O6S. The molecule has 40 heavy (non-hydrogen) atoms. The van der Waals surface area contributed by atoms with Crippen LogP contribution >= 0.6 is 0 Å². The van der Waals surface area contributed by atoms with E-state index in [0.717, 1.165) is 62.4 Å². The Bertz CT molecular complexity index is 1310. The molecule has 9 nitrogen and oxygen atoms in total. The van der Waals surface area contributed by atoms with Crippen LogP contribution in [0.5, 0.6) is 0 Å². The Morgan fingerprint density at radius 3 is 2.12 bits per heavy atom. The molecule has 0 spiro atoms. The molecule has 0 bridgehead atoms. The fraction of sp³-hybridized carbons (Fsp3) is 0.481. The molecule has 0 amide bonds. The number of anilines is 2. The number of nitrogens with one attached hydrogen (secondary N) is 1. The quantitative estimate of drug-likeness (QED) is 0.425. The minimum Gasteiger partial charge on any atom is -0.478 e. The van der Waals surface area contributed by atoms with Crippen LogP contribution < -0.4 is 9.62 Å². The second-order valence-corrected chi connectivity index (χ2v) is 11.9. The van der Waals surface area contributed by atoms with E-state index in [2.05, 4.69) is 14.5 Å². The van der Waals surface area contributed by atoms with Gasteiger partial charge < -0.3 is 20.0 Å². The summed E-state index contributed by atoms with van der Waals surface area (Å²) in [5, 5.41) is 16.6. The second kappa shape index (κ2) is 12.9. The Morgan fingerprint density at radius 1 is 0.975 bits per heavy atom. The highest BCUT2D eigenvalue weighted by atomic mass is 32.2. The standard InChI is InChI=1S/C25H33N3O4S.C2HF3O2/c1-18-12-19(2)14-22(13-18)33(31,32)26-23-15-21(25(29)30)7-8-24(23)28-11-5-6-20(17-28)16-27-9-3-4-10-27;3-2(4,5)1(6)7/h7-8,12-15,20,26H,3-6,9-11,16-17H2,1-2H3,(H,29,30);(H,6,7). The molecule has 1 atom stereocenters. The summed E-state index contributed by atoms with van der Waals surface area (Å²) < 4.78 is 60.9. The Labute approximate surface area is 231 Å². The largest absolute Gasteiger partial charge is 0.490 e. The number of hydrogen-bond donors (Lipinski definition) is 3. The van der Waals surface area contributed by atoms with Crippen LogP contribution in [0.3, 0.4) is 0 Å². The SMILES string of the molecule is Cc1cc(C)cc(S(=O)(=O)Nc2cc(C(=O)O)ccc2N2CCCC(CN3CCCC3)C2)c1.O=C(O)C(F)(F)F. The van der Waals surface area contributed by atoms with Crippen molar-refractivity contribution >= 4 is 33.3 Å². The smallest absolute Gasteiger partial charge is 0.478 e. The topological polar surface area (TPSA) is 127 Å². The number of aliphatic carboxylic acids is 1. The molecule has 1 unspecified atom stereocenters. The van der Waals surface area contributed by atoms with Gasteiger partial charge in [-0.15, -0.1) is 0 Å². The first kappa shape index (κ1) is 31.2. The number of carbonyl (C=O) groups is 2. The third kappa shape index (κ3) is 8.59. The predicted octanol–water partition coefficient (Wildman–Crippen LogP) is 4.75. The lowest BCUT2D eigenvalue weighted by atomic mass is 9.96. The van der Waals surface area contributed by atoms with Gasteiger partial charge in [0.1, 0.15) is 0 Å². The van der Waals surface area contributed by atoms with Crippen molar-refractivity contribution in [1.82, 2.24) is 4.90 Å². The minimum absolute atomic E-state index is 0.0579. The molecule has 2 aliphatic heterocycles. The van der Waals surface area contributed by atoms with E-state index < -0.39 is 28.1 Å². The number of nitrogens with zero attached hydrogens (tertiary/aromatic N) is 2. The monoisotopic (exact) mass is 585 g/mol. The first-order chi connectivity index (χ1) is 18.7. The number of likely N-dealkylation sites (tertiary alicyclic amines) is 1. The molecule has 0 aliphatic carbocycles. The van der Waals surface area contributed by atoms with E-state index in [1.165, 1.54) is 18.9 Å². The molecule has 13 heteroatoms. The number of piperidine rings is 1.